The lowest BCUT2D eigenvalue weighted by atomic mass is 9.98. The number of hydrogen-bond donors (Lipinski definition) is 0. The van der Waals surface area contributed by atoms with E-state index in [4.69, 9.17) is 4.74 Å². The number of anilines is 2. The number of unbranched alkanes of at least 4 members (excludes halogenated alkanes) is 1. The van der Waals surface area contributed by atoms with Crippen molar-refractivity contribution in [3.8, 4) is 5.75 Å². The molecule has 2 aromatic rings. The Bertz CT molecular complexity index is 606. The van der Waals surface area contributed by atoms with E-state index >= 15 is 0 Å². The summed E-state index contributed by atoms with van der Waals surface area (Å²) in [5, 5.41) is 0. The molecule has 0 N–H and O–H groups in total. The minimum Gasteiger partial charge on any atom is -0.497 e. The van der Waals surface area contributed by atoms with Crippen LogP contribution in [0.25, 0.3) is 0 Å². The molecule has 130 valence electrons. The number of aryl methyl sites for hydroxylation is 1. The van der Waals surface area contributed by atoms with Crippen molar-refractivity contribution in [3.05, 3.63) is 54.1 Å². The molecule has 0 aliphatic carbocycles. The molecule has 0 amide bonds. The molecule has 2 nitrogen and oxygen atoms in total. The van der Waals surface area contributed by atoms with Crippen molar-refractivity contribution in [3.63, 3.8) is 0 Å². The fourth-order valence-electron chi connectivity index (χ4n) is 3.04. The Labute approximate surface area is 147 Å². The van der Waals surface area contributed by atoms with Crippen LogP contribution in [0.5, 0.6) is 5.75 Å². The van der Waals surface area contributed by atoms with Gasteiger partial charge >= 0.3 is 0 Å². The molecule has 0 fully saturated rings. The summed E-state index contributed by atoms with van der Waals surface area (Å²) in [6, 6.07) is 17.2. The molecular formula is C22H31NO. The van der Waals surface area contributed by atoms with Crippen molar-refractivity contribution in [2.75, 3.05) is 18.6 Å². The average molecular weight is 325 g/mol. The van der Waals surface area contributed by atoms with Crippen molar-refractivity contribution in [2.24, 2.45) is 5.92 Å². The van der Waals surface area contributed by atoms with E-state index < -0.39 is 0 Å². The van der Waals surface area contributed by atoms with E-state index in [9.17, 15) is 0 Å². The van der Waals surface area contributed by atoms with Gasteiger partial charge in [0.15, 0.2) is 0 Å². The standard InChI is InChI=1S/C22H31NO/c1-5-7-9-19(6-2)17-23(20-14-12-18(3)13-15-20)21-10-8-11-22(16-21)24-4/h8,10-16,19H,5-7,9,17H2,1-4H3. The van der Waals surface area contributed by atoms with Crippen LogP contribution in [0.1, 0.15) is 45.1 Å². The van der Waals surface area contributed by atoms with Crippen LogP contribution in [0.4, 0.5) is 11.4 Å². The second kappa shape index (κ2) is 9.36. The Morgan fingerprint density at radius 3 is 2.38 bits per heavy atom. The lowest BCUT2D eigenvalue weighted by Gasteiger charge is -2.29. The van der Waals surface area contributed by atoms with Gasteiger partial charge in [0.25, 0.3) is 0 Å². The van der Waals surface area contributed by atoms with E-state index in [0.717, 1.165) is 12.3 Å². The van der Waals surface area contributed by atoms with Crippen LogP contribution in [-0.4, -0.2) is 13.7 Å². The molecule has 24 heavy (non-hydrogen) atoms. The molecule has 2 aromatic carbocycles. The number of ether oxygens (including phenoxy) is 1. The van der Waals surface area contributed by atoms with Crippen LogP contribution >= 0.6 is 0 Å². The lowest BCUT2D eigenvalue weighted by molar-refractivity contribution is 0.414. The van der Waals surface area contributed by atoms with Gasteiger partial charge < -0.3 is 9.64 Å². The minimum atomic E-state index is 0.706. The normalized spacial score (nSPS) is 12.0. The van der Waals surface area contributed by atoms with Crippen LogP contribution < -0.4 is 9.64 Å². The van der Waals surface area contributed by atoms with Crippen molar-refractivity contribution in [1.82, 2.24) is 0 Å². The van der Waals surface area contributed by atoms with Crippen LogP contribution in [0, 0.1) is 12.8 Å². The highest BCUT2D eigenvalue weighted by Gasteiger charge is 2.15. The Balaban J connectivity index is 2.31. The largest absolute Gasteiger partial charge is 0.497 e. The molecule has 0 bridgehead atoms. The third-order valence-corrected chi connectivity index (χ3v) is 4.69. The minimum absolute atomic E-state index is 0.706. The highest BCUT2D eigenvalue weighted by atomic mass is 16.5. The van der Waals surface area contributed by atoms with E-state index in [2.05, 4.69) is 68.1 Å². The monoisotopic (exact) mass is 325 g/mol. The van der Waals surface area contributed by atoms with Crippen LogP contribution in [-0.2, 0) is 0 Å². The Morgan fingerprint density at radius 2 is 1.75 bits per heavy atom. The summed E-state index contributed by atoms with van der Waals surface area (Å²) in [5.74, 6) is 1.61. The van der Waals surface area contributed by atoms with Crippen molar-refractivity contribution >= 4 is 11.4 Å². The molecule has 0 aliphatic heterocycles. The third kappa shape index (κ3) is 5.02. The topological polar surface area (TPSA) is 12.5 Å². The molecule has 0 saturated carbocycles. The Hall–Kier alpha value is -1.96. The molecular weight excluding hydrogens is 294 g/mol. The summed E-state index contributed by atoms with van der Waals surface area (Å²) in [7, 11) is 1.73. The second-order valence-electron chi connectivity index (χ2n) is 6.56. The first-order valence-corrected chi connectivity index (χ1v) is 9.16. The maximum absolute atomic E-state index is 5.43. The molecule has 0 aliphatic rings. The molecule has 0 heterocycles. The lowest BCUT2D eigenvalue weighted by Crippen LogP contribution is -2.25. The molecule has 2 rings (SSSR count). The highest BCUT2D eigenvalue weighted by Crippen LogP contribution is 2.31. The van der Waals surface area contributed by atoms with Gasteiger partial charge in [-0.3, -0.25) is 0 Å². The molecule has 2 heteroatoms. The van der Waals surface area contributed by atoms with Crippen LogP contribution in [0.2, 0.25) is 0 Å². The molecule has 0 aromatic heterocycles. The fraction of sp³-hybridized carbons (Fsp3) is 0.455. The molecule has 1 unspecified atom stereocenters. The maximum atomic E-state index is 5.43. The number of methoxy groups -OCH3 is 1. The van der Waals surface area contributed by atoms with E-state index in [1.54, 1.807) is 7.11 Å². The number of benzene rings is 2. The van der Waals surface area contributed by atoms with Gasteiger partial charge in [-0.15, -0.1) is 0 Å². The van der Waals surface area contributed by atoms with Crippen molar-refractivity contribution in [2.45, 2.75) is 46.5 Å². The quantitative estimate of drug-likeness (QED) is 0.532. The second-order valence-corrected chi connectivity index (χ2v) is 6.56. The van der Waals surface area contributed by atoms with Crippen molar-refractivity contribution < 1.29 is 4.74 Å². The van der Waals surface area contributed by atoms with E-state index in [-0.39, 0.29) is 0 Å². The smallest absolute Gasteiger partial charge is 0.120 e. The zero-order valence-electron chi connectivity index (χ0n) is 15.6. The first kappa shape index (κ1) is 18.4. The number of nitrogens with zero attached hydrogens (tertiary/aromatic N) is 1. The SMILES string of the molecule is CCCCC(CC)CN(c1ccc(C)cc1)c1cccc(OC)c1. The van der Waals surface area contributed by atoms with Gasteiger partial charge in [0.2, 0.25) is 0 Å². The summed E-state index contributed by atoms with van der Waals surface area (Å²) < 4.78 is 5.43. The predicted molar refractivity (Wildman–Crippen MR) is 104 cm³/mol. The van der Waals surface area contributed by atoms with Gasteiger partial charge in [-0.2, -0.15) is 0 Å². The average Bonchev–Trinajstić information content (AvgIpc) is 2.63. The van der Waals surface area contributed by atoms with Gasteiger partial charge in [-0.1, -0.05) is 56.9 Å². The fourth-order valence-corrected chi connectivity index (χ4v) is 3.04. The molecule has 1 atom stereocenters. The molecule has 0 radical (unpaired) electrons. The van der Waals surface area contributed by atoms with Gasteiger partial charge in [-0.25, -0.2) is 0 Å². The first-order chi connectivity index (χ1) is 11.7. The Kier molecular flexibility index (Phi) is 7.17. The van der Waals surface area contributed by atoms with Crippen molar-refractivity contribution in [1.29, 1.82) is 0 Å². The van der Waals surface area contributed by atoms with Crippen LogP contribution in [0.3, 0.4) is 0 Å². The summed E-state index contributed by atoms with van der Waals surface area (Å²) in [6.07, 6.45) is 5.07. The first-order valence-electron chi connectivity index (χ1n) is 9.16. The summed E-state index contributed by atoms with van der Waals surface area (Å²) >= 11 is 0. The van der Waals surface area contributed by atoms with E-state index in [0.29, 0.717) is 5.92 Å². The Morgan fingerprint density at radius 1 is 1.00 bits per heavy atom. The molecule has 0 saturated heterocycles. The van der Waals surface area contributed by atoms with Gasteiger partial charge in [0.1, 0.15) is 5.75 Å². The van der Waals surface area contributed by atoms with E-state index in [1.807, 2.05) is 6.07 Å². The zero-order chi connectivity index (χ0) is 17.4. The number of rotatable bonds is 9. The summed E-state index contributed by atoms with van der Waals surface area (Å²) in [6.45, 7) is 7.76. The van der Waals surface area contributed by atoms with Crippen LogP contribution in [0.15, 0.2) is 48.5 Å². The van der Waals surface area contributed by atoms with Gasteiger partial charge in [-0.05, 0) is 43.5 Å². The van der Waals surface area contributed by atoms with E-state index in [1.165, 1.54) is 42.6 Å². The maximum Gasteiger partial charge on any atom is 0.120 e. The zero-order valence-corrected chi connectivity index (χ0v) is 15.6. The van der Waals surface area contributed by atoms with Gasteiger partial charge in [0.05, 0.1) is 7.11 Å². The molecule has 0 spiro atoms. The number of hydrogen-bond acceptors (Lipinski definition) is 2. The summed E-state index contributed by atoms with van der Waals surface area (Å²) in [4.78, 5) is 2.44. The third-order valence-electron chi connectivity index (χ3n) is 4.69. The highest BCUT2D eigenvalue weighted by molar-refractivity contribution is 5.64. The van der Waals surface area contributed by atoms with Gasteiger partial charge in [0, 0.05) is 24.0 Å². The predicted octanol–water partition coefficient (Wildman–Crippen LogP) is 6.36. The summed E-state index contributed by atoms with van der Waals surface area (Å²) in [5.41, 5.74) is 3.75.